The van der Waals surface area contributed by atoms with Crippen molar-refractivity contribution in [3.05, 3.63) is 41.2 Å². The summed E-state index contributed by atoms with van der Waals surface area (Å²) in [5.41, 5.74) is -0.265. The van der Waals surface area contributed by atoms with Crippen molar-refractivity contribution in [1.29, 1.82) is 0 Å². The number of β-lactam (4-membered cyclic amide) rings is 1. The zero-order valence-corrected chi connectivity index (χ0v) is 17.6. The number of nitrogens with one attached hydrogen (secondary N) is 1. The van der Waals surface area contributed by atoms with Crippen molar-refractivity contribution in [3.8, 4) is 0 Å². The Morgan fingerprint density at radius 1 is 1.38 bits per heavy atom. The van der Waals surface area contributed by atoms with Crippen molar-refractivity contribution >= 4 is 41.5 Å². The zero-order chi connectivity index (χ0) is 21.2. The van der Waals surface area contributed by atoms with Gasteiger partial charge in [-0.05, 0) is 43.9 Å². The number of carboxylic acids is 1. The van der Waals surface area contributed by atoms with E-state index in [-0.39, 0.29) is 5.70 Å². The molecule has 0 radical (unpaired) electrons. The molecule has 29 heavy (non-hydrogen) atoms. The van der Waals surface area contributed by atoms with Crippen molar-refractivity contribution in [2.24, 2.45) is 0 Å². The maximum Gasteiger partial charge on any atom is 0.408 e. The normalized spacial score (nSPS) is 21.6. The highest BCUT2D eigenvalue weighted by Crippen LogP contribution is 2.41. The number of carbonyl (C=O) groups excluding carboxylic acids is 2. The van der Waals surface area contributed by atoms with Gasteiger partial charge in [0.1, 0.15) is 22.7 Å². The molecule has 3 rings (SSSR count). The number of hydrogen-bond donors (Lipinski definition) is 2. The second kappa shape index (κ2) is 8.46. The number of aliphatic carboxylic acids is 1. The van der Waals surface area contributed by atoms with E-state index in [1.165, 1.54) is 28.4 Å². The van der Waals surface area contributed by atoms with E-state index in [2.05, 4.69) is 15.3 Å². The van der Waals surface area contributed by atoms with Gasteiger partial charge in [0.25, 0.3) is 5.91 Å². The van der Waals surface area contributed by atoms with Crippen LogP contribution >= 0.6 is 23.5 Å². The van der Waals surface area contributed by atoms with Gasteiger partial charge < -0.3 is 15.2 Å². The SMILES string of the molecule is CC(C)(C)OC(=O)NC1C(=O)N2C(C(=O)O)=C(C=CSc3ncccn3)CS[C@@H]12. The molecule has 1 fully saturated rings. The topological polar surface area (TPSA) is 122 Å². The maximum absolute atomic E-state index is 12.5. The third kappa shape index (κ3) is 4.91. The Kier molecular flexibility index (Phi) is 6.18. The summed E-state index contributed by atoms with van der Waals surface area (Å²) in [4.78, 5) is 45.7. The van der Waals surface area contributed by atoms with Crippen molar-refractivity contribution in [2.75, 3.05) is 5.75 Å². The second-order valence-electron chi connectivity index (χ2n) is 7.16. The molecule has 154 valence electrons. The summed E-state index contributed by atoms with van der Waals surface area (Å²) in [5, 5.41) is 13.9. The van der Waals surface area contributed by atoms with Crippen molar-refractivity contribution in [1.82, 2.24) is 20.2 Å². The lowest BCUT2D eigenvalue weighted by Crippen LogP contribution is -2.70. The highest BCUT2D eigenvalue weighted by molar-refractivity contribution is 8.02. The van der Waals surface area contributed by atoms with Gasteiger partial charge in [-0.3, -0.25) is 9.69 Å². The lowest BCUT2D eigenvalue weighted by molar-refractivity contribution is -0.149. The first-order chi connectivity index (χ1) is 13.7. The predicted octanol–water partition coefficient (Wildman–Crippen LogP) is 2.23. The molecular weight excluding hydrogens is 416 g/mol. The monoisotopic (exact) mass is 436 g/mol. The van der Waals surface area contributed by atoms with E-state index < -0.39 is 35.0 Å². The first kappa shape index (κ1) is 21.2. The standard InChI is InChI=1S/C18H20N4O5S2/c1-18(2,3)27-17(26)21-11-13(23)22-12(15(24)25)10(9-29-14(11)22)5-8-28-16-19-6-4-7-20-16/h4-8,11,14H,9H2,1-3H3,(H,21,26)(H,24,25)/t11?,14-/m0/s1. The molecule has 9 nitrogen and oxygen atoms in total. The fraction of sp³-hybridized carbons (Fsp3) is 0.389. The predicted molar refractivity (Wildman–Crippen MR) is 108 cm³/mol. The molecular formula is C18H20N4O5S2. The Bertz CT molecular complexity index is 882. The minimum Gasteiger partial charge on any atom is -0.477 e. The van der Waals surface area contributed by atoms with E-state index in [4.69, 9.17) is 4.74 Å². The van der Waals surface area contributed by atoms with Crippen LogP contribution in [0.25, 0.3) is 0 Å². The summed E-state index contributed by atoms with van der Waals surface area (Å²) in [6.07, 6.45) is 4.17. The van der Waals surface area contributed by atoms with Gasteiger partial charge in [0.15, 0.2) is 5.16 Å². The average Bonchev–Trinajstić information content (AvgIpc) is 2.65. The van der Waals surface area contributed by atoms with E-state index in [0.29, 0.717) is 16.5 Å². The number of nitrogens with zero attached hydrogens (tertiary/aromatic N) is 3. The van der Waals surface area contributed by atoms with Gasteiger partial charge in [-0.25, -0.2) is 19.6 Å². The summed E-state index contributed by atoms with van der Waals surface area (Å²) < 4.78 is 5.18. The smallest absolute Gasteiger partial charge is 0.408 e. The fourth-order valence-electron chi connectivity index (χ4n) is 2.73. The number of allylic oxidation sites excluding steroid dienone is 1. The van der Waals surface area contributed by atoms with Crippen LogP contribution in [0, 0.1) is 0 Å². The molecule has 2 aliphatic rings. The Labute approximate surface area is 176 Å². The van der Waals surface area contributed by atoms with Crippen LogP contribution in [0.4, 0.5) is 4.79 Å². The molecule has 1 unspecified atom stereocenters. The number of carboxylic acid groups (broad SMARTS) is 1. The summed E-state index contributed by atoms with van der Waals surface area (Å²) in [5.74, 6) is -1.29. The van der Waals surface area contributed by atoms with Crippen LogP contribution in [0.2, 0.25) is 0 Å². The van der Waals surface area contributed by atoms with Crippen molar-refractivity contribution in [3.63, 3.8) is 0 Å². The van der Waals surface area contributed by atoms with Gasteiger partial charge in [-0.15, -0.1) is 11.8 Å². The Morgan fingerprint density at radius 3 is 2.69 bits per heavy atom. The first-order valence-corrected chi connectivity index (χ1v) is 10.6. The second-order valence-corrected chi connectivity index (χ2v) is 9.14. The van der Waals surface area contributed by atoms with Gasteiger partial charge in [0, 0.05) is 18.1 Å². The molecule has 0 aromatic carbocycles. The molecule has 0 bridgehead atoms. The number of ether oxygens (including phenoxy) is 1. The Morgan fingerprint density at radius 2 is 2.07 bits per heavy atom. The van der Waals surface area contributed by atoms with Crippen LogP contribution in [-0.4, -0.2) is 60.7 Å². The van der Waals surface area contributed by atoms with E-state index >= 15 is 0 Å². The third-order valence-electron chi connectivity index (χ3n) is 3.86. The molecule has 2 atom stereocenters. The Balaban J connectivity index is 1.71. The molecule has 1 aromatic rings. The minimum atomic E-state index is -1.19. The van der Waals surface area contributed by atoms with Gasteiger partial charge in [0.2, 0.25) is 0 Å². The number of amides is 2. The molecule has 1 aromatic heterocycles. The van der Waals surface area contributed by atoms with Crippen LogP contribution in [0.3, 0.4) is 0 Å². The highest BCUT2D eigenvalue weighted by Gasteiger charge is 2.54. The maximum atomic E-state index is 12.5. The lowest BCUT2D eigenvalue weighted by Gasteiger charge is -2.49. The van der Waals surface area contributed by atoms with Crippen LogP contribution in [0.5, 0.6) is 0 Å². The summed E-state index contributed by atoms with van der Waals surface area (Å²) >= 11 is 2.63. The van der Waals surface area contributed by atoms with E-state index in [0.717, 1.165) is 0 Å². The van der Waals surface area contributed by atoms with Crippen LogP contribution < -0.4 is 5.32 Å². The first-order valence-electron chi connectivity index (χ1n) is 8.68. The summed E-state index contributed by atoms with van der Waals surface area (Å²) in [6.45, 7) is 5.16. The number of alkyl carbamates (subject to hydrolysis) is 1. The van der Waals surface area contributed by atoms with Gasteiger partial charge >= 0.3 is 12.1 Å². The zero-order valence-electron chi connectivity index (χ0n) is 16.0. The van der Waals surface area contributed by atoms with Crippen LogP contribution in [-0.2, 0) is 14.3 Å². The number of carbonyl (C=O) groups is 3. The van der Waals surface area contributed by atoms with Crippen molar-refractivity contribution in [2.45, 2.75) is 42.9 Å². The van der Waals surface area contributed by atoms with Gasteiger partial charge in [0.05, 0.1) is 0 Å². The largest absolute Gasteiger partial charge is 0.477 e. The number of thioether (sulfide) groups is 2. The average molecular weight is 437 g/mol. The van der Waals surface area contributed by atoms with Gasteiger partial charge in [-0.1, -0.05) is 11.8 Å². The number of fused-ring (bicyclic) bond motifs is 1. The minimum absolute atomic E-state index is 0.0770. The quantitative estimate of drug-likeness (QED) is 0.406. The number of aromatic nitrogens is 2. The molecule has 11 heteroatoms. The van der Waals surface area contributed by atoms with E-state index in [1.807, 2.05) is 0 Å². The molecule has 2 aliphatic heterocycles. The molecule has 0 spiro atoms. The lowest BCUT2D eigenvalue weighted by atomic mass is 10.0. The van der Waals surface area contributed by atoms with Crippen molar-refractivity contribution < 1.29 is 24.2 Å². The summed E-state index contributed by atoms with van der Waals surface area (Å²) in [6, 6.07) is 0.885. The molecule has 3 heterocycles. The molecule has 0 aliphatic carbocycles. The summed E-state index contributed by atoms with van der Waals surface area (Å²) in [7, 11) is 0. The van der Waals surface area contributed by atoms with Crippen LogP contribution in [0.1, 0.15) is 20.8 Å². The Hall–Kier alpha value is -2.53. The van der Waals surface area contributed by atoms with Crippen LogP contribution in [0.15, 0.2) is 46.4 Å². The molecule has 2 N–H and O–H groups in total. The number of rotatable bonds is 5. The molecule has 2 amide bonds. The van der Waals surface area contributed by atoms with E-state index in [1.54, 1.807) is 50.7 Å². The van der Waals surface area contributed by atoms with E-state index in [9.17, 15) is 19.5 Å². The molecule has 1 saturated heterocycles. The highest BCUT2D eigenvalue weighted by atomic mass is 32.2. The third-order valence-corrected chi connectivity index (χ3v) is 5.85. The number of hydrogen-bond acceptors (Lipinski definition) is 8. The fourth-order valence-corrected chi connectivity index (χ4v) is 4.64. The van der Waals surface area contributed by atoms with Gasteiger partial charge in [-0.2, -0.15) is 0 Å². The molecule has 0 saturated carbocycles.